The minimum Gasteiger partial charge on any atom is -0.312 e. The molecule has 0 aliphatic carbocycles. The Bertz CT molecular complexity index is 141. The van der Waals surface area contributed by atoms with Gasteiger partial charge in [0.1, 0.15) is 0 Å². The molecule has 0 radical (unpaired) electrons. The van der Waals surface area contributed by atoms with Gasteiger partial charge in [0.05, 0.1) is 0 Å². The van der Waals surface area contributed by atoms with Gasteiger partial charge in [0.25, 0.3) is 0 Å². The molecule has 0 amide bonds. The fraction of sp³-hybridized carbons (Fsp3) is 0.778. The van der Waals surface area contributed by atoms with E-state index in [1.165, 1.54) is 22.8 Å². The van der Waals surface area contributed by atoms with Gasteiger partial charge in [0, 0.05) is 35.6 Å². The van der Waals surface area contributed by atoms with Crippen LogP contribution in [0.5, 0.6) is 0 Å². The molecule has 12 heavy (non-hydrogen) atoms. The maximum Gasteiger partial charge on any atom is 0.0263 e. The van der Waals surface area contributed by atoms with Crippen molar-refractivity contribution in [2.24, 2.45) is 0 Å². The highest BCUT2D eigenvalue weighted by Gasteiger charge is 2.12. The first-order valence-electron chi connectivity index (χ1n) is 4.33. The molecule has 1 unspecified atom stereocenters. The number of thioether (sulfide) groups is 2. The summed E-state index contributed by atoms with van der Waals surface area (Å²) in [6.07, 6.45) is 0. The SMILES string of the molecule is C=C(C)CNCC1CSCCS1. The summed E-state index contributed by atoms with van der Waals surface area (Å²) in [5, 5.41) is 4.24. The Morgan fingerprint density at radius 3 is 3.00 bits per heavy atom. The van der Waals surface area contributed by atoms with E-state index < -0.39 is 0 Å². The van der Waals surface area contributed by atoms with Gasteiger partial charge in [-0.1, -0.05) is 12.2 Å². The van der Waals surface area contributed by atoms with Crippen LogP contribution in [-0.2, 0) is 0 Å². The summed E-state index contributed by atoms with van der Waals surface area (Å²) in [7, 11) is 0. The lowest BCUT2D eigenvalue weighted by Gasteiger charge is -2.21. The van der Waals surface area contributed by atoms with Gasteiger partial charge >= 0.3 is 0 Å². The minimum atomic E-state index is 0.822. The van der Waals surface area contributed by atoms with Gasteiger partial charge < -0.3 is 5.32 Å². The molecule has 1 saturated heterocycles. The Morgan fingerprint density at radius 2 is 2.42 bits per heavy atom. The van der Waals surface area contributed by atoms with Crippen molar-refractivity contribution in [1.82, 2.24) is 5.32 Å². The molecule has 0 aromatic rings. The molecule has 1 rings (SSSR count). The molecule has 0 aromatic carbocycles. The van der Waals surface area contributed by atoms with Crippen molar-refractivity contribution in [2.45, 2.75) is 12.2 Å². The molecular weight excluding hydrogens is 186 g/mol. The van der Waals surface area contributed by atoms with Gasteiger partial charge in [-0.05, 0) is 6.92 Å². The van der Waals surface area contributed by atoms with E-state index in [4.69, 9.17) is 0 Å². The van der Waals surface area contributed by atoms with Crippen LogP contribution in [-0.4, -0.2) is 35.6 Å². The second-order valence-electron chi connectivity index (χ2n) is 3.16. The lowest BCUT2D eigenvalue weighted by Crippen LogP contribution is -2.29. The van der Waals surface area contributed by atoms with Crippen LogP contribution in [0.3, 0.4) is 0 Å². The monoisotopic (exact) mass is 203 g/mol. The number of rotatable bonds is 4. The third kappa shape index (κ3) is 4.43. The lowest BCUT2D eigenvalue weighted by molar-refractivity contribution is 0.727. The standard InChI is InChI=1S/C9H17NS2/c1-8(2)5-10-6-9-7-11-3-4-12-9/h9-10H,1,3-7H2,2H3. The lowest BCUT2D eigenvalue weighted by atomic mass is 10.3. The fourth-order valence-electron chi connectivity index (χ4n) is 1.10. The van der Waals surface area contributed by atoms with Gasteiger partial charge in [-0.25, -0.2) is 0 Å². The molecule has 0 bridgehead atoms. The molecule has 1 aliphatic rings. The molecule has 1 aliphatic heterocycles. The third-order valence-electron chi connectivity index (χ3n) is 1.68. The van der Waals surface area contributed by atoms with Crippen molar-refractivity contribution in [3.8, 4) is 0 Å². The molecule has 0 aromatic heterocycles. The first-order chi connectivity index (χ1) is 5.79. The van der Waals surface area contributed by atoms with Crippen LogP contribution >= 0.6 is 23.5 Å². The predicted molar refractivity (Wildman–Crippen MR) is 61.3 cm³/mol. The van der Waals surface area contributed by atoms with Crippen LogP contribution in [0.1, 0.15) is 6.92 Å². The van der Waals surface area contributed by atoms with Crippen molar-refractivity contribution >= 4 is 23.5 Å². The molecule has 3 heteroatoms. The van der Waals surface area contributed by atoms with Crippen LogP contribution in [0.15, 0.2) is 12.2 Å². The Balaban J connectivity index is 2.01. The summed E-state index contributed by atoms with van der Waals surface area (Å²) in [4.78, 5) is 0. The molecular formula is C9H17NS2. The Kier molecular flexibility index (Phi) is 5.19. The van der Waals surface area contributed by atoms with E-state index >= 15 is 0 Å². The first kappa shape index (κ1) is 10.5. The van der Waals surface area contributed by atoms with E-state index in [0.717, 1.165) is 18.3 Å². The largest absolute Gasteiger partial charge is 0.312 e. The summed E-state index contributed by atoms with van der Waals surface area (Å²) in [5.41, 5.74) is 1.23. The van der Waals surface area contributed by atoms with Crippen molar-refractivity contribution < 1.29 is 0 Å². The zero-order chi connectivity index (χ0) is 8.81. The van der Waals surface area contributed by atoms with E-state index in [-0.39, 0.29) is 0 Å². The summed E-state index contributed by atoms with van der Waals surface area (Å²) >= 11 is 4.18. The van der Waals surface area contributed by atoms with Crippen molar-refractivity contribution in [1.29, 1.82) is 0 Å². The topological polar surface area (TPSA) is 12.0 Å². The zero-order valence-electron chi connectivity index (χ0n) is 7.64. The molecule has 0 spiro atoms. The van der Waals surface area contributed by atoms with E-state index in [0.29, 0.717) is 0 Å². The quantitative estimate of drug-likeness (QED) is 0.702. The van der Waals surface area contributed by atoms with E-state index in [1.54, 1.807) is 0 Å². The van der Waals surface area contributed by atoms with Gasteiger partial charge in [0.2, 0.25) is 0 Å². The number of hydrogen-bond acceptors (Lipinski definition) is 3. The van der Waals surface area contributed by atoms with Crippen LogP contribution in [0.2, 0.25) is 0 Å². The molecule has 1 fully saturated rings. The zero-order valence-corrected chi connectivity index (χ0v) is 9.27. The smallest absolute Gasteiger partial charge is 0.0263 e. The van der Waals surface area contributed by atoms with Gasteiger partial charge in [-0.15, -0.1) is 0 Å². The van der Waals surface area contributed by atoms with Crippen LogP contribution in [0.4, 0.5) is 0 Å². The minimum absolute atomic E-state index is 0.822. The number of nitrogens with one attached hydrogen (secondary N) is 1. The summed E-state index contributed by atoms with van der Waals surface area (Å²) < 4.78 is 0. The summed E-state index contributed by atoms with van der Waals surface area (Å²) in [6, 6.07) is 0. The molecule has 70 valence electrons. The highest BCUT2D eigenvalue weighted by atomic mass is 32.2. The van der Waals surface area contributed by atoms with E-state index in [9.17, 15) is 0 Å². The molecule has 1 nitrogen and oxygen atoms in total. The summed E-state index contributed by atoms with van der Waals surface area (Å²) in [6.45, 7) is 8.05. The predicted octanol–water partition coefficient (Wildman–Crippen LogP) is 2.00. The Hall–Kier alpha value is 0.400. The Labute approximate surface area is 83.8 Å². The molecule has 1 heterocycles. The van der Waals surface area contributed by atoms with Gasteiger partial charge in [-0.2, -0.15) is 23.5 Å². The highest BCUT2D eigenvalue weighted by Crippen LogP contribution is 2.23. The van der Waals surface area contributed by atoms with E-state index in [1.807, 2.05) is 0 Å². The Morgan fingerprint density at radius 1 is 1.58 bits per heavy atom. The third-order valence-corrected chi connectivity index (χ3v) is 4.53. The second-order valence-corrected chi connectivity index (χ2v) is 5.71. The van der Waals surface area contributed by atoms with Crippen molar-refractivity contribution in [3.05, 3.63) is 12.2 Å². The van der Waals surface area contributed by atoms with Crippen molar-refractivity contribution in [2.75, 3.05) is 30.3 Å². The molecule has 1 N–H and O–H groups in total. The van der Waals surface area contributed by atoms with Gasteiger partial charge in [-0.3, -0.25) is 0 Å². The van der Waals surface area contributed by atoms with Crippen LogP contribution in [0.25, 0.3) is 0 Å². The highest BCUT2D eigenvalue weighted by molar-refractivity contribution is 8.06. The van der Waals surface area contributed by atoms with Crippen LogP contribution < -0.4 is 5.32 Å². The summed E-state index contributed by atoms with van der Waals surface area (Å²) in [5.74, 6) is 3.97. The van der Waals surface area contributed by atoms with Gasteiger partial charge in [0.15, 0.2) is 0 Å². The normalized spacial score (nSPS) is 23.9. The molecule has 1 atom stereocenters. The first-order valence-corrected chi connectivity index (χ1v) is 6.54. The second kappa shape index (κ2) is 5.95. The van der Waals surface area contributed by atoms with Crippen LogP contribution in [0, 0.1) is 0 Å². The number of hydrogen-bond donors (Lipinski definition) is 1. The molecule has 0 saturated carbocycles. The van der Waals surface area contributed by atoms with Crippen molar-refractivity contribution in [3.63, 3.8) is 0 Å². The maximum atomic E-state index is 3.86. The van der Waals surface area contributed by atoms with E-state index in [2.05, 4.69) is 42.3 Å². The average Bonchev–Trinajstić information content (AvgIpc) is 2.05. The fourth-order valence-corrected chi connectivity index (χ4v) is 3.75. The maximum absolute atomic E-state index is 3.86. The average molecular weight is 203 g/mol.